The lowest BCUT2D eigenvalue weighted by molar-refractivity contribution is -0.386. The number of hydrogen-bond donors (Lipinski definition) is 14. The molecule has 3 rings (SSSR count). The van der Waals surface area contributed by atoms with E-state index in [1.807, 2.05) is 0 Å². The number of amides is 2. The number of rotatable bonds is 73. The van der Waals surface area contributed by atoms with Gasteiger partial charge in [0.1, 0.15) is 67.1 Å². The minimum Gasteiger partial charge on any atom is -0.477 e. The van der Waals surface area contributed by atoms with Crippen LogP contribution in [0.5, 0.6) is 0 Å². The molecule has 23 heteroatoms. The van der Waals surface area contributed by atoms with E-state index in [4.69, 9.17) is 28.4 Å². The first-order valence-electron chi connectivity index (χ1n) is 44.9. The Labute approximate surface area is 659 Å². The highest BCUT2D eigenvalue weighted by Crippen LogP contribution is 2.39. The van der Waals surface area contributed by atoms with E-state index in [1.165, 1.54) is 295 Å². The number of carbonyl (C=O) groups is 3. The summed E-state index contributed by atoms with van der Waals surface area (Å²) in [6.07, 6.45) is 42.5. The second kappa shape index (κ2) is 64.8. The highest BCUT2D eigenvalue weighted by molar-refractivity contribution is 5.77. The molecule has 0 radical (unpaired) electrons. The Morgan fingerprint density at radius 2 is 0.798 bits per heavy atom. The molecule has 3 aliphatic heterocycles. The van der Waals surface area contributed by atoms with Crippen LogP contribution in [0.25, 0.3) is 0 Å². The van der Waals surface area contributed by atoms with Crippen molar-refractivity contribution in [1.29, 1.82) is 0 Å². The van der Waals surface area contributed by atoms with Gasteiger partial charge in [0.15, 0.2) is 12.6 Å². The van der Waals surface area contributed by atoms with Gasteiger partial charge in [-0.2, -0.15) is 0 Å². The molecule has 2 amide bonds. The number of carboxylic acids is 1. The van der Waals surface area contributed by atoms with E-state index >= 15 is 0 Å². The van der Waals surface area contributed by atoms with Crippen LogP contribution in [0.3, 0.4) is 0 Å². The first-order valence-corrected chi connectivity index (χ1v) is 44.9. The lowest BCUT2D eigenvalue weighted by Crippen LogP contribution is -2.70. The molecule has 0 saturated carbocycles. The molecule has 644 valence electrons. The Balaban J connectivity index is 1.45. The maximum atomic E-state index is 13.6. The van der Waals surface area contributed by atoms with Crippen molar-refractivity contribution in [2.24, 2.45) is 0 Å². The summed E-state index contributed by atoms with van der Waals surface area (Å²) in [7, 11) is 0. The molecule has 3 fully saturated rings. The van der Waals surface area contributed by atoms with Crippen molar-refractivity contribution in [2.75, 3.05) is 26.4 Å². The molecule has 23 nitrogen and oxygen atoms in total. The van der Waals surface area contributed by atoms with E-state index in [2.05, 4.69) is 24.5 Å². The van der Waals surface area contributed by atoms with E-state index in [9.17, 15) is 75.7 Å². The molecule has 0 bridgehead atoms. The Bertz CT molecular complexity index is 2160. The molecule has 109 heavy (non-hydrogen) atoms. The normalized spacial score (nSPS) is 25.7. The lowest BCUT2D eigenvalue weighted by Gasteiger charge is -2.50. The minimum absolute atomic E-state index is 0.230. The van der Waals surface area contributed by atoms with Gasteiger partial charge in [0.05, 0.1) is 50.7 Å². The van der Waals surface area contributed by atoms with Crippen molar-refractivity contribution in [3.05, 3.63) is 0 Å². The van der Waals surface area contributed by atoms with Gasteiger partial charge in [-0.3, -0.25) is 9.59 Å². The number of carboxylic acid groups (broad SMARTS) is 1. The summed E-state index contributed by atoms with van der Waals surface area (Å²) in [4.78, 5) is 38.8. The fraction of sp³-hybridized carbons (Fsp3) is 0.965. The van der Waals surface area contributed by atoms with Crippen molar-refractivity contribution in [3.63, 3.8) is 0 Å². The topological polar surface area (TPSA) is 373 Å². The SMILES string of the molecule is CCCCCCCCCCCCCCCCCCCCCCCCCCCCCCCCCCC(=O)NC(COC1OC(CO)C(OC2OC(CO)C(O)C(OC3(C(=O)O)CC(O)C(NC(C)=O)C(C(O)C(O)CO)O3)C2O)C(O)C1O)C(O)CCCCCCCCCCCCCCCCCCCCCCCCC. The smallest absolute Gasteiger partial charge is 0.364 e. The second-order valence-corrected chi connectivity index (χ2v) is 32.8. The van der Waals surface area contributed by atoms with Gasteiger partial charge in [0.2, 0.25) is 11.8 Å². The number of aliphatic hydroxyl groups is 11. The van der Waals surface area contributed by atoms with Crippen LogP contribution < -0.4 is 10.6 Å². The fourth-order valence-electron chi connectivity index (χ4n) is 16.0. The third-order valence-corrected chi connectivity index (χ3v) is 23.1. The maximum absolute atomic E-state index is 13.6. The molecule has 0 aromatic rings. The van der Waals surface area contributed by atoms with E-state index in [0.29, 0.717) is 19.3 Å². The number of nitrogens with one attached hydrogen (secondary N) is 2. The van der Waals surface area contributed by atoms with Crippen LogP contribution in [0, 0.1) is 0 Å². The van der Waals surface area contributed by atoms with Crippen molar-refractivity contribution in [3.8, 4) is 0 Å². The number of unbranched alkanes of at least 4 members (excludes halogenated alkanes) is 53. The maximum Gasteiger partial charge on any atom is 0.364 e. The summed E-state index contributed by atoms with van der Waals surface area (Å²) in [5, 5.41) is 137. The zero-order chi connectivity index (χ0) is 79.5. The minimum atomic E-state index is -3.08. The van der Waals surface area contributed by atoms with Crippen LogP contribution >= 0.6 is 0 Å². The molecule has 0 spiro atoms. The van der Waals surface area contributed by atoms with Gasteiger partial charge in [-0.15, -0.1) is 0 Å². The van der Waals surface area contributed by atoms with Gasteiger partial charge in [-0.05, 0) is 12.8 Å². The average molecular weight is 1560 g/mol. The van der Waals surface area contributed by atoms with E-state index in [0.717, 1.165) is 51.9 Å². The number of ether oxygens (including phenoxy) is 6. The van der Waals surface area contributed by atoms with Crippen LogP contribution in [0.4, 0.5) is 0 Å². The molecule has 18 unspecified atom stereocenters. The van der Waals surface area contributed by atoms with Crippen molar-refractivity contribution in [2.45, 2.75) is 503 Å². The third kappa shape index (κ3) is 44.0. The second-order valence-electron chi connectivity index (χ2n) is 32.8. The molecule has 3 saturated heterocycles. The van der Waals surface area contributed by atoms with Crippen molar-refractivity contribution in [1.82, 2.24) is 10.6 Å². The first kappa shape index (κ1) is 101. The summed E-state index contributed by atoms with van der Waals surface area (Å²) in [6, 6.07) is -2.53. The van der Waals surface area contributed by atoms with Crippen molar-refractivity contribution >= 4 is 17.8 Å². The summed E-state index contributed by atoms with van der Waals surface area (Å²) >= 11 is 0. The number of aliphatic carboxylic acids is 1. The van der Waals surface area contributed by atoms with Gasteiger partial charge in [-0.25, -0.2) is 4.79 Å². The lowest BCUT2D eigenvalue weighted by atomic mass is 9.88. The van der Waals surface area contributed by atoms with E-state index in [-0.39, 0.29) is 18.9 Å². The number of hydrogen-bond acceptors (Lipinski definition) is 20. The van der Waals surface area contributed by atoms with Gasteiger partial charge in [0.25, 0.3) is 5.79 Å². The van der Waals surface area contributed by atoms with Gasteiger partial charge in [0, 0.05) is 19.8 Å². The van der Waals surface area contributed by atoms with Gasteiger partial charge in [-0.1, -0.05) is 361 Å². The Morgan fingerprint density at radius 3 is 1.15 bits per heavy atom. The van der Waals surface area contributed by atoms with Crippen LogP contribution in [-0.4, -0.2) is 215 Å². The monoisotopic (exact) mass is 1560 g/mol. The molecule has 0 aromatic carbocycles. The molecule has 3 aliphatic rings. The fourth-order valence-corrected chi connectivity index (χ4v) is 16.0. The summed E-state index contributed by atoms with van der Waals surface area (Å²) in [6.45, 7) is 2.29. The van der Waals surface area contributed by atoms with Crippen LogP contribution in [0.2, 0.25) is 0 Å². The summed E-state index contributed by atoms with van der Waals surface area (Å²) < 4.78 is 35.1. The highest BCUT2D eigenvalue weighted by atomic mass is 16.8. The Hall–Kier alpha value is -2.27. The van der Waals surface area contributed by atoms with E-state index < -0.39 is 148 Å². The van der Waals surface area contributed by atoms with E-state index in [1.54, 1.807) is 0 Å². The average Bonchev–Trinajstić information content (AvgIpc) is 0.754. The molecule has 0 aliphatic carbocycles. The molecule has 3 heterocycles. The molecular formula is C86H164N2O21. The standard InChI is InChI=1S/C86H164N2O21/c1-4-6-8-10-12-14-16-18-20-22-24-26-28-29-30-31-32-33-34-35-36-38-40-42-44-46-48-50-52-54-56-58-60-73(96)88-67(68(93)59-57-55-53-51-49-47-45-43-41-39-37-27-25-23-21-19-17-15-13-11-9-7-5-2)65-104-83-78(100)77(99)80(72(64-91)106-83)107-84-79(101)82(76(98)71(63-90)105-84)109-86(85(102)103)61-69(94)74(87-66(3)92)81(108-86)75(97)70(95)62-89/h67-72,74-84,89-91,93-95,97-101H,4-65H2,1-3H3,(H,87,92)(H,88,96)(H,102,103). The number of carbonyl (C=O) groups excluding carboxylic acids is 2. The van der Waals surface area contributed by atoms with Crippen LogP contribution in [-0.2, 0) is 42.8 Å². The largest absolute Gasteiger partial charge is 0.477 e. The zero-order valence-corrected chi connectivity index (χ0v) is 68.7. The molecule has 14 N–H and O–H groups in total. The Kier molecular flexibility index (Phi) is 60.0. The molecular weight excluding hydrogens is 1400 g/mol. The summed E-state index contributed by atoms with van der Waals surface area (Å²) in [5.41, 5.74) is 0. The Morgan fingerprint density at radius 1 is 0.440 bits per heavy atom. The quantitative estimate of drug-likeness (QED) is 0.0252. The summed E-state index contributed by atoms with van der Waals surface area (Å²) in [5.74, 6) is -6.08. The first-order chi connectivity index (χ1) is 52.9. The van der Waals surface area contributed by atoms with Crippen LogP contribution in [0.1, 0.15) is 393 Å². The van der Waals surface area contributed by atoms with Gasteiger partial charge < -0.3 is 100 Å². The van der Waals surface area contributed by atoms with Gasteiger partial charge >= 0.3 is 5.97 Å². The molecule has 0 aromatic heterocycles. The van der Waals surface area contributed by atoms with Crippen LogP contribution in [0.15, 0.2) is 0 Å². The number of aliphatic hydroxyl groups excluding tert-OH is 11. The zero-order valence-electron chi connectivity index (χ0n) is 68.7. The predicted molar refractivity (Wildman–Crippen MR) is 426 cm³/mol. The third-order valence-electron chi connectivity index (χ3n) is 23.1. The highest BCUT2D eigenvalue weighted by Gasteiger charge is 2.60. The molecule has 18 atom stereocenters. The predicted octanol–water partition coefficient (Wildman–Crippen LogP) is 13.9. The van der Waals surface area contributed by atoms with Crippen molar-refractivity contribution < 1.29 is 104 Å².